The van der Waals surface area contributed by atoms with E-state index in [0.717, 1.165) is 16.3 Å². The number of fused-ring (bicyclic) bond motifs is 1. The SMILES string of the molecule is O=C(NCc1nc(-c2ccccc2)cs1)c1cc2ccccc2oc1=O. The number of nitrogens with zero attached hydrogens (tertiary/aromatic N) is 1. The van der Waals surface area contributed by atoms with E-state index in [1.165, 1.54) is 11.3 Å². The number of carbonyl (C=O) groups excluding carboxylic acids is 1. The van der Waals surface area contributed by atoms with Crippen LogP contribution in [0.2, 0.25) is 0 Å². The molecular formula is C20H14N2O3S. The Bertz CT molecular complexity index is 1130. The standard InChI is InChI=1S/C20H14N2O3S/c23-19(15-10-14-8-4-5-9-17(14)25-20(15)24)21-11-18-22-16(12-26-18)13-6-2-1-3-7-13/h1-10,12H,11H2,(H,21,23). The molecule has 2 heterocycles. The van der Waals surface area contributed by atoms with Crippen LogP contribution in [0.4, 0.5) is 0 Å². The van der Waals surface area contributed by atoms with E-state index in [4.69, 9.17) is 4.42 Å². The van der Waals surface area contributed by atoms with Gasteiger partial charge in [0.25, 0.3) is 5.91 Å². The van der Waals surface area contributed by atoms with E-state index in [0.29, 0.717) is 11.0 Å². The van der Waals surface area contributed by atoms with Crippen LogP contribution in [0.15, 0.2) is 75.3 Å². The molecule has 0 unspecified atom stereocenters. The third-order valence-electron chi connectivity index (χ3n) is 3.91. The first kappa shape index (κ1) is 16.2. The van der Waals surface area contributed by atoms with Crippen molar-refractivity contribution in [3.63, 3.8) is 0 Å². The zero-order chi connectivity index (χ0) is 17.9. The van der Waals surface area contributed by atoms with Crippen LogP contribution in [0, 0.1) is 0 Å². The Hall–Kier alpha value is -3.25. The van der Waals surface area contributed by atoms with E-state index < -0.39 is 11.5 Å². The van der Waals surface area contributed by atoms with Gasteiger partial charge in [-0.1, -0.05) is 48.5 Å². The first-order chi connectivity index (χ1) is 12.7. The molecule has 2 aromatic heterocycles. The molecule has 0 saturated carbocycles. The number of aromatic nitrogens is 1. The molecule has 1 amide bonds. The van der Waals surface area contributed by atoms with Gasteiger partial charge in [0.2, 0.25) is 0 Å². The van der Waals surface area contributed by atoms with Gasteiger partial charge in [0.1, 0.15) is 16.2 Å². The van der Waals surface area contributed by atoms with Gasteiger partial charge >= 0.3 is 5.63 Å². The van der Waals surface area contributed by atoms with E-state index >= 15 is 0 Å². The molecule has 4 rings (SSSR count). The van der Waals surface area contributed by atoms with Crippen molar-refractivity contribution in [2.24, 2.45) is 0 Å². The van der Waals surface area contributed by atoms with Crippen molar-refractivity contribution in [1.29, 1.82) is 0 Å². The van der Waals surface area contributed by atoms with Crippen LogP contribution >= 0.6 is 11.3 Å². The highest BCUT2D eigenvalue weighted by molar-refractivity contribution is 7.09. The molecule has 0 aliphatic carbocycles. The molecule has 0 radical (unpaired) electrons. The Labute approximate surface area is 152 Å². The second-order valence-electron chi connectivity index (χ2n) is 5.66. The predicted octanol–water partition coefficient (Wildman–Crippen LogP) is 3.85. The molecule has 2 aromatic carbocycles. The van der Waals surface area contributed by atoms with Crippen molar-refractivity contribution < 1.29 is 9.21 Å². The lowest BCUT2D eigenvalue weighted by molar-refractivity contribution is 0.0947. The lowest BCUT2D eigenvalue weighted by atomic mass is 10.2. The number of thiazole rings is 1. The third kappa shape index (κ3) is 3.27. The highest BCUT2D eigenvalue weighted by atomic mass is 32.1. The Morgan fingerprint density at radius 3 is 2.69 bits per heavy atom. The number of hydrogen-bond donors (Lipinski definition) is 1. The van der Waals surface area contributed by atoms with Crippen LogP contribution in [0.1, 0.15) is 15.4 Å². The molecule has 26 heavy (non-hydrogen) atoms. The predicted molar refractivity (Wildman–Crippen MR) is 101 cm³/mol. The molecule has 4 aromatic rings. The first-order valence-electron chi connectivity index (χ1n) is 8.01. The van der Waals surface area contributed by atoms with Gasteiger partial charge in [-0.25, -0.2) is 9.78 Å². The average molecular weight is 362 g/mol. The summed E-state index contributed by atoms with van der Waals surface area (Å²) in [7, 11) is 0. The van der Waals surface area contributed by atoms with E-state index in [9.17, 15) is 9.59 Å². The van der Waals surface area contributed by atoms with E-state index in [2.05, 4.69) is 10.3 Å². The van der Waals surface area contributed by atoms with Gasteiger partial charge in [-0.3, -0.25) is 4.79 Å². The molecule has 0 bridgehead atoms. The minimum atomic E-state index is -0.648. The monoisotopic (exact) mass is 362 g/mol. The molecule has 0 atom stereocenters. The van der Waals surface area contributed by atoms with E-state index in [1.54, 1.807) is 24.3 Å². The zero-order valence-corrected chi connectivity index (χ0v) is 14.5. The summed E-state index contributed by atoms with van der Waals surface area (Å²) in [4.78, 5) is 28.9. The smallest absolute Gasteiger partial charge is 0.349 e. The maximum atomic E-state index is 12.4. The zero-order valence-electron chi connectivity index (χ0n) is 13.6. The van der Waals surface area contributed by atoms with Crippen molar-refractivity contribution in [2.75, 3.05) is 0 Å². The first-order valence-corrected chi connectivity index (χ1v) is 8.89. The Kier molecular flexibility index (Phi) is 4.33. The summed E-state index contributed by atoms with van der Waals surface area (Å²) in [6, 6.07) is 18.5. The third-order valence-corrected chi connectivity index (χ3v) is 4.76. The number of carbonyl (C=O) groups is 1. The van der Waals surface area contributed by atoms with Gasteiger partial charge in [0, 0.05) is 16.3 Å². The summed E-state index contributed by atoms with van der Waals surface area (Å²) < 4.78 is 5.20. The Morgan fingerprint density at radius 2 is 1.85 bits per heavy atom. The number of hydrogen-bond acceptors (Lipinski definition) is 5. The fraction of sp³-hybridized carbons (Fsp3) is 0.0500. The van der Waals surface area contributed by atoms with Crippen LogP contribution in [-0.2, 0) is 6.54 Å². The maximum absolute atomic E-state index is 12.4. The van der Waals surface area contributed by atoms with Crippen molar-refractivity contribution in [2.45, 2.75) is 6.54 Å². The Morgan fingerprint density at radius 1 is 1.08 bits per heavy atom. The highest BCUT2D eigenvalue weighted by Gasteiger charge is 2.14. The molecule has 0 fully saturated rings. The van der Waals surface area contributed by atoms with Crippen LogP contribution in [0.3, 0.4) is 0 Å². The van der Waals surface area contributed by atoms with Gasteiger partial charge in [-0.05, 0) is 12.1 Å². The van der Waals surface area contributed by atoms with Gasteiger partial charge in [0.05, 0.1) is 12.2 Å². The van der Waals surface area contributed by atoms with Gasteiger partial charge in [-0.15, -0.1) is 11.3 Å². The normalized spacial score (nSPS) is 10.8. The molecule has 0 aliphatic rings. The minimum absolute atomic E-state index is 0.0106. The van der Waals surface area contributed by atoms with Crippen molar-refractivity contribution in [3.8, 4) is 11.3 Å². The van der Waals surface area contributed by atoms with Crippen molar-refractivity contribution in [3.05, 3.63) is 87.0 Å². The highest BCUT2D eigenvalue weighted by Crippen LogP contribution is 2.21. The fourth-order valence-electron chi connectivity index (χ4n) is 2.60. The summed E-state index contributed by atoms with van der Waals surface area (Å²) in [5.74, 6) is -0.471. The summed E-state index contributed by atoms with van der Waals surface area (Å²) in [5, 5.41) is 6.15. The second kappa shape index (κ2) is 6.93. The van der Waals surface area contributed by atoms with Crippen LogP contribution in [0.25, 0.3) is 22.2 Å². The lowest BCUT2D eigenvalue weighted by Crippen LogP contribution is -2.27. The van der Waals surface area contributed by atoms with Crippen LogP contribution < -0.4 is 10.9 Å². The number of amides is 1. The molecule has 0 spiro atoms. The Balaban J connectivity index is 1.50. The van der Waals surface area contributed by atoms with E-state index in [-0.39, 0.29) is 12.1 Å². The maximum Gasteiger partial charge on any atom is 0.349 e. The largest absolute Gasteiger partial charge is 0.422 e. The van der Waals surface area contributed by atoms with Crippen LogP contribution in [-0.4, -0.2) is 10.9 Å². The van der Waals surface area contributed by atoms with Gasteiger partial charge in [-0.2, -0.15) is 0 Å². The summed E-state index contributed by atoms with van der Waals surface area (Å²) >= 11 is 1.46. The van der Waals surface area contributed by atoms with E-state index in [1.807, 2.05) is 41.8 Å². The number of nitrogens with one attached hydrogen (secondary N) is 1. The minimum Gasteiger partial charge on any atom is -0.422 e. The molecular weight excluding hydrogens is 348 g/mol. The lowest BCUT2D eigenvalue weighted by Gasteiger charge is -2.03. The molecule has 0 aliphatic heterocycles. The van der Waals surface area contributed by atoms with Crippen LogP contribution in [0.5, 0.6) is 0 Å². The number of para-hydroxylation sites is 1. The van der Waals surface area contributed by atoms with Gasteiger partial charge in [0.15, 0.2) is 0 Å². The molecule has 5 nitrogen and oxygen atoms in total. The summed E-state index contributed by atoms with van der Waals surface area (Å²) in [6.45, 7) is 0.253. The molecule has 6 heteroatoms. The topological polar surface area (TPSA) is 72.2 Å². The van der Waals surface area contributed by atoms with Crippen molar-refractivity contribution >= 4 is 28.2 Å². The second-order valence-corrected chi connectivity index (χ2v) is 6.60. The molecule has 0 saturated heterocycles. The quantitative estimate of drug-likeness (QED) is 0.560. The molecule has 128 valence electrons. The fourth-order valence-corrected chi connectivity index (χ4v) is 3.35. The molecule has 1 N–H and O–H groups in total. The summed E-state index contributed by atoms with van der Waals surface area (Å²) in [5.41, 5.74) is 1.69. The average Bonchev–Trinajstić information content (AvgIpc) is 3.15. The number of benzene rings is 2. The van der Waals surface area contributed by atoms with Crippen molar-refractivity contribution in [1.82, 2.24) is 10.3 Å². The summed E-state index contributed by atoms with van der Waals surface area (Å²) in [6.07, 6.45) is 0. The van der Waals surface area contributed by atoms with Gasteiger partial charge < -0.3 is 9.73 Å². The number of rotatable bonds is 4.